The molecule has 0 saturated carbocycles. The van der Waals surface area contributed by atoms with Gasteiger partial charge in [0.05, 0.1) is 15.1 Å². The molecule has 3 heterocycles. The maximum Gasteiger partial charge on any atom is 0.270 e. The van der Waals surface area contributed by atoms with Crippen LogP contribution < -0.4 is 4.80 Å². The number of nitro groups is 1. The number of nitrogens with zero attached hydrogens (tertiary/aromatic N) is 4. The minimum atomic E-state index is -3.74. The largest absolute Gasteiger partial charge is 0.319 e. The molecule has 1 aliphatic rings. The van der Waals surface area contributed by atoms with Crippen LogP contribution in [0.15, 0.2) is 44.9 Å². The number of hydrogen-bond donors (Lipinski definition) is 0. The van der Waals surface area contributed by atoms with Gasteiger partial charge < -0.3 is 4.57 Å². The minimum Gasteiger partial charge on any atom is -0.319 e. The molecular weight excluding hydrogens is 436 g/mol. The summed E-state index contributed by atoms with van der Waals surface area (Å²) in [6.07, 6.45) is 0.994. The van der Waals surface area contributed by atoms with Gasteiger partial charge in [-0.1, -0.05) is 17.4 Å². The van der Waals surface area contributed by atoms with E-state index in [0.29, 0.717) is 27.9 Å². The summed E-state index contributed by atoms with van der Waals surface area (Å²) in [6, 6.07) is 6.78. The summed E-state index contributed by atoms with van der Waals surface area (Å²) in [6.45, 7) is 0.275. The molecule has 1 amide bonds. The lowest BCUT2D eigenvalue weighted by molar-refractivity contribution is -0.384. The van der Waals surface area contributed by atoms with Crippen LogP contribution in [0.4, 0.5) is 5.69 Å². The Labute approximate surface area is 173 Å². The number of rotatable bonds is 4. The van der Waals surface area contributed by atoms with Gasteiger partial charge in [-0.2, -0.15) is 9.30 Å². The zero-order valence-electron chi connectivity index (χ0n) is 15.2. The standard InChI is InChI=1S/C17H16N4O5S3/c1-19-12-7-6-11(21(23)24)10-14(12)28-17(19)18-16(22)13-4-2-8-20(13)29(25,26)15-5-3-9-27-15/h3,5-7,9-10,13H,2,4,8H2,1H3. The van der Waals surface area contributed by atoms with E-state index in [-0.39, 0.29) is 16.4 Å². The Morgan fingerprint density at radius 1 is 1.34 bits per heavy atom. The Morgan fingerprint density at radius 2 is 2.14 bits per heavy atom. The topological polar surface area (TPSA) is 115 Å². The van der Waals surface area contributed by atoms with Crippen molar-refractivity contribution in [1.82, 2.24) is 8.87 Å². The first-order chi connectivity index (χ1) is 13.8. The van der Waals surface area contributed by atoms with E-state index in [1.165, 1.54) is 22.5 Å². The number of fused-ring (bicyclic) bond motifs is 1. The molecule has 29 heavy (non-hydrogen) atoms. The van der Waals surface area contributed by atoms with Crippen LogP contribution in [-0.4, -0.2) is 40.7 Å². The number of carbonyl (C=O) groups is 1. The smallest absolute Gasteiger partial charge is 0.270 e. The Balaban J connectivity index is 1.70. The Bertz CT molecular complexity index is 1270. The van der Waals surface area contributed by atoms with Gasteiger partial charge in [0.1, 0.15) is 10.3 Å². The van der Waals surface area contributed by atoms with Crippen molar-refractivity contribution < 1.29 is 18.1 Å². The molecule has 12 heteroatoms. The molecule has 4 rings (SSSR count). The van der Waals surface area contributed by atoms with Gasteiger partial charge in [0.15, 0.2) is 4.80 Å². The van der Waals surface area contributed by atoms with E-state index in [4.69, 9.17) is 0 Å². The van der Waals surface area contributed by atoms with Crippen molar-refractivity contribution in [2.75, 3.05) is 6.54 Å². The Kier molecular flexibility index (Phi) is 5.11. The summed E-state index contributed by atoms with van der Waals surface area (Å²) in [5.74, 6) is -0.528. The number of thiophene rings is 1. The third-order valence-electron chi connectivity index (χ3n) is 4.76. The third kappa shape index (κ3) is 3.52. The van der Waals surface area contributed by atoms with E-state index in [0.717, 1.165) is 22.7 Å². The quantitative estimate of drug-likeness (QED) is 0.446. The molecule has 1 aromatic carbocycles. The van der Waals surface area contributed by atoms with Gasteiger partial charge in [-0.25, -0.2) is 8.42 Å². The zero-order valence-corrected chi connectivity index (χ0v) is 17.7. The molecule has 0 bridgehead atoms. The lowest BCUT2D eigenvalue weighted by Gasteiger charge is -2.20. The van der Waals surface area contributed by atoms with Crippen molar-refractivity contribution in [3.63, 3.8) is 0 Å². The van der Waals surface area contributed by atoms with E-state index < -0.39 is 26.9 Å². The molecule has 9 nitrogen and oxygen atoms in total. The summed E-state index contributed by atoms with van der Waals surface area (Å²) >= 11 is 2.27. The van der Waals surface area contributed by atoms with E-state index >= 15 is 0 Å². The van der Waals surface area contributed by atoms with Gasteiger partial charge in [0, 0.05) is 25.7 Å². The van der Waals surface area contributed by atoms with E-state index in [1.54, 1.807) is 29.1 Å². The summed E-state index contributed by atoms with van der Waals surface area (Å²) < 4.78 is 29.4. The van der Waals surface area contributed by atoms with Gasteiger partial charge in [0.25, 0.3) is 21.6 Å². The number of sulfonamides is 1. The van der Waals surface area contributed by atoms with Crippen LogP contribution in [0, 0.1) is 10.1 Å². The fourth-order valence-electron chi connectivity index (χ4n) is 3.31. The maximum absolute atomic E-state index is 12.9. The van der Waals surface area contributed by atoms with E-state index in [9.17, 15) is 23.3 Å². The number of aryl methyl sites for hydroxylation is 1. The molecule has 1 unspecified atom stereocenters. The van der Waals surface area contributed by atoms with E-state index in [1.807, 2.05) is 0 Å². The second-order valence-corrected chi connectivity index (χ2v) is 10.6. The van der Waals surface area contributed by atoms with Gasteiger partial charge in [-0.05, 0) is 30.4 Å². The number of hydrogen-bond acceptors (Lipinski definition) is 7. The summed E-state index contributed by atoms with van der Waals surface area (Å²) in [5.41, 5.74) is 0.669. The van der Waals surface area contributed by atoms with Crippen molar-refractivity contribution in [3.8, 4) is 0 Å². The molecule has 1 saturated heterocycles. The molecule has 0 N–H and O–H groups in total. The molecule has 0 radical (unpaired) electrons. The predicted octanol–water partition coefficient (Wildman–Crippen LogP) is 2.49. The molecule has 0 aliphatic carbocycles. The fraction of sp³-hybridized carbons (Fsp3) is 0.294. The van der Waals surface area contributed by atoms with Crippen molar-refractivity contribution >= 4 is 54.5 Å². The highest BCUT2D eigenvalue weighted by Gasteiger charge is 2.39. The number of nitro benzene ring substituents is 1. The van der Waals surface area contributed by atoms with Crippen LogP contribution in [0.3, 0.4) is 0 Å². The predicted molar refractivity (Wildman–Crippen MR) is 109 cm³/mol. The van der Waals surface area contributed by atoms with Gasteiger partial charge in [-0.15, -0.1) is 11.3 Å². The molecule has 0 spiro atoms. The van der Waals surface area contributed by atoms with Gasteiger partial charge in [-0.3, -0.25) is 14.9 Å². The van der Waals surface area contributed by atoms with Crippen molar-refractivity contribution in [2.45, 2.75) is 23.1 Å². The highest BCUT2D eigenvalue weighted by atomic mass is 32.2. The molecule has 2 aromatic heterocycles. The summed E-state index contributed by atoms with van der Waals surface area (Å²) in [7, 11) is -2.03. The third-order valence-corrected chi connectivity index (χ3v) is 9.13. The number of amides is 1. The summed E-state index contributed by atoms with van der Waals surface area (Å²) in [4.78, 5) is 27.9. The fourth-order valence-corrected chi connectivity index (χ4v) is 7.14. The highest BCUT2D eigenvalue weighted by Crippen LogP contribution is 2.29. The lowest BCUT2D eigenvalue weighted by atomic mass is 10.2. The zero-order chi connectivity index (χ0) is 20.8. The number of carbonyl (C=O) groups excluding carboxylic acids is 1. The van der Waals surface area contributed by atoms with Crippen LogP contribution >= 0.6 is 22.7 Å². The van der Waals surface area contributed by atoms with Gasteiger partial charge >= 0.3 is 0 Å². The minimum absolute atomic E-state index is 0.0405. The maximum atomic E-state index is 12.9. The number of aromatic nitrogens is 1. The first kappa shape index (κ1) is 19.9. The monoisotopic (exact) mass is 452 g/mol. The molecule has 1 aliphatic heterocycles. The van der Waals surface area contributed by atoms with Crippen LogP contribution in [-0.2, 0) is 21.9 Å². The van der Waals surface area contributed by atoms with Crippen molar-refractivity contribution in [2.24, 2.45) is 12.0 Å². The summed E-state index contributed by atoms with van der Waals surface area (Å²) in [5, 5.41) is 12.7. The second kappa shape index (κ2) is 7.44. The Hall–Kier alpha value is -2.41. The normalized spacial score (nSPS) is 18.5. The molecule has 1 fully saturated rings. The lowest BCUT2D eigenvalue weighted by Crippen LogP contribution is -2.40. The van der Waals surface area contributed by atoms with E-state index in [2.05, 4.69) is 4.99 Å². The SMILES string of the molecule is Cn1c(=NC(=O)C2CCCN2S(=O)(=O)c2cccs2)sc2cc([N+](=O)[O-])ccc21. The second-order valence-electron chi connectivity index (χ2n) is 6.51. The van der Waals surface area contributed by atoms with Crippen LogP contribution in [0.5, 0.6) is 0 Å². The highest BCUT2D eigenvalue weighted by molar-refractivity contribution is 7.91. The van der Waals surface area contributed by atoms with Gasteiger partial charge in [0.2, 0.25) is 0 Å². The number of thiazole rings is 1. The Morgan fingerprint density at radius 3 is 2.83 bits per heavy atom. The molecule has 3 aromatic rings. The van der Waals surface area contributed by atoms with Crippen molar-refractivity contribution in [3.05, 3.63) is 50.6 Å². The molecule has 152 valence electrons. The van der Waals surface area contributed by atoms with Crippen LogP contribution in [0.1, 0.15) is 12.8 Å². The van der Waals surface area contributed by atoms with Crippen molar-refractivity contribution in [1.29, 1.82) is 0 Å². The van der Waals surface area contributed by atoms with Crippen LogP contribution in [0.25, 0.3) is 10.2 Å². The number of benzene rings is 1. The number of non-ortho nitro benzene ring substituents is 1. The first-order valence-electron chi connectivity index (χ1n) is 8.67. The first-order valence-corrected chi connectivity index (χ1v) is 11.8. The van der Waals surface area contributed by atoms with Crippen LogP contribution in [0.2, 0.25) is 0 Å². The molecular formula is C17H16N4O5S3. The average molecular weight is 453 g/mol. The molecule has 1 atom stereocenters. The average Bonchev–Trinajstić information content (AvgIpc) is 3.42.